The standard InChI is InChI=1S/C20H24N2O5S/c1-20(2,3)27-15-9-11-16(12-10-15)28(25,26)22-17-7-5-4-6-14(17)8-13-18(22)19(23)21-24/h4-7,9-12,18,24H,8,13H2,1-3H3,(H,21,23)/t18-/m1/s1. The van der Waals surface area contributed by atoms with Gasteiger partial charge in [-0.3, -0.25) is 14.3 Å². The normalized spacial score (nSPS) is 17.0. The van der Waals surface area contributed by atoms with Crippen molar-refractivity contribution in [2.75, 3.05) is 4.31 Å². The van der Waals surface area contributed by atoms with E-state index in [9.17, 15) is 13.2 Å². The molecule has 1 aliphatic rings. The molecule has 2 aromatic carbocycles. The van der Waals surface area contributed by atoms with E-state index in [1.807, 2.05) is 32.9 Å². The maximum atomic E-state index is 13.4. The van der Waals surface area contributed by atoms with E-state index in [-0.39, 0.29) is 11.3 Å². The van der Waals surface area contributed by atoms with Gasteiger partial charge in [-0.25, -0.2) is 13.9 Å². The lowest BCUT2D eigenvalue weighted by molar-refractivity contribution is -0.130. The molecule has 0 saturated heterocycles. The molecule has 2 N–H and O–H groups in total. The molecular weight excluding hydrogens is 380 g/mol. The number of hydroxylamine groups is 1. The Hall–Kier alpha value is -2.58. The summed E-state index contributed by atoms with van der Waals surface area (Å²) in [6.07, 6.45) is 0.812. The lowest BCUT2D eigenvalue weighted by Gasteiger charge is -2.36. The van der Waals surface area contributed by atoms with Crippen molar-refractivity contribution in [1.82, 2.24) is 5.48 Å². The fraction of sp³-hybridized carbons (Fsp3) is 0.350. The molecule has 1 amide bonds. The molecule has 1 heterocycles. The zero-order chi connectivity index (χ0) is 20.5. The average Bonchev–Trinajstić information content (AvgIpc) is 2.65. The Morgan fingerprint density at radius 1 is 1.14 bits per heavy atom. The van der Waals surface area contributed by atoms with Gasteiger partial charge in [0, 0.05) is 0 Å². The van der Waals surface area contributed by atoms with Gasteiger partial charge in [-0.1, -0.05) is 18.2 Å². The number of anilines is 1. The van der Waals surface area contributed by atoms with E-state index in [1.54, 1.807) is 29.7 Å². The second-order valence-electron chi connectivity index (χ2n) is 7.65. The average molecular weight is 404 g/mol. The summed E-state index contributed by atoms with van der Waals surface area (Å²) in [5.74, 6) is -0.207. The Labute approximate surface area is 164 Å². The first kappa shape index (κ1) is 20.2. The van der Waals surface area contributed by atoms with Gasteiger partial charge in [0.15, 0.2) is 0 Å². The molecule has 0 aliphatic carbocycles. The Bertz CT molecular complexity index is 965. The lowest BCUT2D eigenvalue weighted by atomic mass is 9.98. The number of nitrogens with one attached hydrogen (secondary N) is 1. The molecule has 0 radical (unpaired) electrons. The van der Waals surface area contributed by atoms with Crippen LogP contribution in [0.3, 0.4) is 0 Å². The third-order valence-corrected chi connectivity index (χ3v) is 6.25. The number of hydrogen-bond donors (Lipinski definition) is 2. The molecule has 0 unspecified atom stereocenters. The third kappa shape index (κ3) is 3.98. The minimum Gasteiger partial charge on any atom is -0.488 e. The number of nitrogens with zero attached hydrogens (tertiary/aromatic N) is 1. The van der Waals surface area contributed by atoms with Crippen LogP contribution in [0.2, 0.25) is 0 Å². The van der Waals surface area contributed by atoms with E-state index < -0.39 is 27.6 Å². The Balaban J connectivity index is 2.03. The monoisotopic (exact) mass is 404 g/mol. The van der Waals surface area contributed by atoms with Crippen molar-refractivity contribution in [2.45, 2.75) is 50.2 Å². The number of benzene rings is 2. The molecule has 1 aliphatic heterocycles. The van der Waals surface area contributed by atoms with Crippen molar-refractivity contribution < 1.29 is 23.2 Å². The molecule has 150 valence electrons. The van der Waals surface area contributed by atoms with Gasteiger partial charge in [-0.05, 0) is 69.5 Å². The number of amides is 1. The minimum absolute atomic E-state index is 0.0428. The van der Waals surface area contributed by atoms with Crippen molar-refractivity contribution in [3.05, 3.63) is 54.1 Å². The van der Waals surface area contributed by atoms with E-state index >= 15 is 0 Å². The molecule has 0 fully saturated rings. The molecule has 0 saturated carbocycles. The van der Waals surface area contributed by atoms with Gasteiger partial charge in [-0.15, -0.1) is 0 Å². The van der Waals surface area contributed by atoms with E-state index in [0.29, 0.717) is 17.9 Å². The highest BCUT2D eigenvalue weighted by Gasteiger charge is 2.39. The second kappa shape index (κ2) is 7.44. The van der Waals surface area contributed by atoms with E-state index in [1.165, 1.54) is 12.1 Å². The molecule has 7 nitrogen and oxygen atoms in total. The molecule has 0 spiro atoms. The summed E-state index contributed by atoms with van der Waals surface area (Å²) in [4.78, 5) is 12.2. The largest absolute Gasteiger partial charge is 0.488 e. The summed E-state index contributed by atoms with van der Waals surface area (Å²) in [5.41, 5.74) is 2.46. The molecule has 0 bridgehead atoms. The molecule has 8 heteroatoms. The summed E-state index contributed by atoms with van der Waals surface area (Å²) in [6, 6.07) is 12.1. The van der Waals surface area contributed by atoms with Gasteiger partial charge in [0.05, 0.1) is 10.6 Å². The van der Waals surface area contributed by atoms with Crippen LogP contribution in [0.15, 0.2) is 53.4 Å². The first-order chi connectivity index (χ1) is 13.1. The summed E-state index contributed by atoms with van der Waals surface area (Å²) in [6.45, 7) is 5.71. The molecule has 3 rings (SSSR count). The lowest BCUT2D eigenvalue weighted by Crippen LogP contribution is -2.51. The highest BCUT2D eigenvalue weighted by molar-refractivity contribution is 7.93. The highest BCUT2D eigenvalue weighted by Crippen LogP contribution is 2.36. The molecule has 28 heavy (non-hydrogen) atoms. The first-order valence-corrected chi connectivity index (χ1v) is 10.4. The van der Waals surface area contributed by atoms with Crippen molar-refractivity contribution in [2.24, 2.45) is 0 Å². The summed E-state index contributed by atoms with van der Waals surface area (Å²) >= 11 is 0. The SMILES string of the molecule is CC(C)(C)Oc1ccc(S(=O)(=O)N2c3ccccc3CC[C@@H]2C(=O)NO)cc1. The van der Waals surface area contributed by atoms with Crippen LogP contribution in [0.4, 0.5) is 5.69 Å². The van der Waals surface area contributed by atoms with Crippen LogP contribution in [0.5, 0.6) is 5.75 Å². The number of para-hydroxylation sites is 1. The van der Waals surface area contributed by atoms with Gasteiger partial charge < -0.3 is 4.74 Å². The van der Waals surface area contributed by atoms with Crippen molar-refractivity contribution in [3.63, 3.8) is 0 Å². The van der Waals surface area contributed by atoms with Crippen LogP contribution in [0.1, 0.15) is 32.8 Å². The fourth-order valence-corrected chi connectivity index (χ4v) is 4.95. The number of carbonyl (C=O) groups is 1. The first-order valence-electron chi connectivity index (χ1n) is 8.99. The smallest absolute Gasteiger partial charge is 0.267 e. The third-order valence-electron chi connectivity index (χ3n) is 4.42. The van der Waals surface area contributed by atoms with E-state index in [0.717, 1.165) is 9.87 Å². The van der Waals surface area contributed by atoms with Gasteiger partial charge in [-0.2, -0.15) is 0 Å². The van der Waals surface area contributed by atoms with Crippen molar-refractivity contribution in [1.29, 1.82) is 0 Å². The summed E-state index contributed by atoms with van der Waals surface area (Å²) in [7, 11) is -4.03. The number of fused-ring (bicyclic) bond motifs is 1. The highest BCUT2D eigenvalue weighted by atomic mass is 32.2. The molecule has 0 aromatic heterocycles. The maximum absolute atomic E-state index is 13.4. The Morgan fingerprint density at radius 3 is 2.39 bits per heavy atom. The van der Waals surface area contributed by atoms with Crippen LogP contribution in [-0.4, -0.2) is 31.2 Å². The fourth-order valence-electron chi connectivity index (χ4n) is 3.27. The van der Waals surface area contributed by atoms with Crippen LogP contribution in [-0.2, 0) is 21.2 Å². The summed E-state index contributed by atoms with van der Waals surface area (Å²) in [5, 5.41) is 9.10. The zero-order valence-corrected chi connectivity index (χ0v) is 16.9. The van der Waals surface area contributed by atoms with Crippen LogP contribution in [0, 0.1) is 0 Å². The van der Waals surface area contributed by atoms with Crippen LogP contribution < -0.4 is 14.5 Å². The van der Waals surface area contributed by atoms with E-state index in [2.05, 4.69) is 0 Å². The van der Waals surface area contributed by atoms with Crippen molar-refractivity contribution >= 4 is 21.6 Å². The quantitative estimate of drug-likeness (QED) is 0.603. The van der Waals surface area contributed by atoms with Gasteiger partial charge >= 0.3 is 0 Å². The number of hydrogen-bond acceptors (Lipinski definition) is 5. The van der Waals surface area contributed by atoms with E-state index in [4.69, 9.17) is 9.94 Å². The van der Waals surface area contributed by atoms with Crippen LogP contribution in [0.25, 0.3) is 0 Å². The van der Waals surface area contributed by atoms with Gasteiger partial charge in [0.2, 0.25) is 0 Å². The number of rotatable bonds is 4. The van der Waals surface area contributed by atoms with Gasteiger partial charge in [0.1, 0.15) is 17.4 Å². The predicted molar refractivity (Wildman–Crippen MR) is 105 cm³/mol. The molecular formula is C20H24N2O5S. The predicted octanol–water partition coefficient (Wildman–Crippen LogP) is 2.88. The molecule has 1 atom stereocenters. The Kier molecular flexibility index (Phi) is 5.36. The summed E-state index contributed by atoms with van der Waals surface area (Å²) < 4.78 is 33.6. The topological polar surface area (TPSA) is 95.9 Å². The minimum atomic E-state index is -4.03. The number of carbonyl (C=O) groups excluding carboxylic acids is 1. The Morgan fingerprint density at radius 2 is 1.79 bits per heavy atom. The number of sulfonamides is 1. The zero-order valence-electron chi connectivity index (χ0n) is 16.0. The van der Waals surface area contributed by atoms with Gasteiger partial charge in [0.25, 0.3) is 15.9 Å². The number of ether oxygens (including phenoxy) is 1. The second-order valence-corrected chi connectivity index (χ2v) is 9.46. The van der Waals surface area contributed by atoms with Crippen LogP contribution >= 0.6 is 0 Å². The molecule has 2 aromatic rings. The van der Waals surface area contributed by atoms with Crippen molar-refractivity contribution in [3.8, 4) is 5.75 Å². The maximum Gasteiger partial charge on any atom is 0.267 e. The number of aryl methyl sites for hydroxylation is 1.